The van der Waals surface area contributed by atoms with Gasteiger partial charge in [-0.25, -0.2) is 12.8 Å². The first-order chi connectivity index (χ1) is 12.3. The molecular formula is C18H25FN2O4S. The molecule has 1 aromatic rings. The summed E-state index contributed by atoms with van der Waals surface area (Å²) in [4.78, 5) is 13.7. The Morgan fingerprint density at radius 3 is 2.46 bits per heavy atom. The minimum absolute atomic E-state index is 0.0109. The van der Waals surface area contributed by atoms with Crippen LogP contribution in [-0.4, -0.2) is 51.2 Å². The van der Waals surface area contributed by atoms with Crippen LogP contribution in [-0.2, 0) is 14.6 Å². The zero-order valence-corrected chi connectivity index (χ0v) is 15.8. The van der Waals surface area contributed by atoms with E-state index in [0.29, 0.717) is 30.7 Å². The number of ether oxygens (including phenoxy) is 1. The van der Waals surface area contributed by atoms with Crippen LogP contribution in [0.3, 0.4) is 0 Å². The third-order valence-corrected chi connectivity index (χ3v) is 6.14. The summed E-state index contributed by atoms with van der Waals surface area (Å²) >= 11 is 0. The molecule has 8 heteroatoms. The van der Waals surface area contributed by atoms with Crippen molar-refractivity contribution in [2.75, 3.05) is 32.0 Å². The van der Waals surface area contributed by atoms with Gasteiger partial charge >= 0.3 is 0 Å². The first-order valence-electron chi connectivity index (χ1n) is 8.49. The summed E-state index contributed by atoms with van der Waals surface area (Å²) in [5.41, 5.74) is 5.66. The van der Waals surface area contributed by atoms with Crippen LogP contribution in [0.25, 0.3) is 0 Å². The minimum atomic E-state index is -3.43. The van der Waals surface area contributed by atoms with Gasteiger partial charge in [0.2, 0.25) is 5.91 Å². The van der Waals surface area contributed by atoms with E-state index < -0.39 is 9.84 Å². The monoisotopic (exact) mass is 384 g/mol. The molecule has 1 aliphatic heterocycles. The summed E-state index contributed by atoms with van der Waals surface area (Å²) in [6, 6.07) is 6.02. The van der Waals surface area contributed by atoms with Gasteiger partial charge in [-0.05, 0) is 24.3 Å². The predicted octanol–water partition coefficient (Wildman–Crippen LogP) is 1.77. The number of nitrogens with two attached hydrogens (primary N) is 1. The summed E-state index contributed by atoms with van der Waals surface area (Å²) < 4.78 is 42.8. The summed E-state index contributed by atoms with van der Waals surface area (Å²) in [6.07, 6.45) is 0.408. The molecule has 0 aliphatic carbocycles. The van der Waals surface area contributed by atoms with E-state index in [-0.39, 0.29) is 41.5 Å². The summed E-state index contributed by atoms with van der Waals surface area (Å²) in [7, 11) is -3.43. The molecule has 2 rings (SSSR count). The van der Waals surface area contributed by atoms with Gasteiger partial charge in [0.25, 0.3) is 0 Å². The highest BCUT2D eigenvalue weighted by Crippen LogP contribution is 2.24. The van der Waals surface area contributed by atoms with Crippen molar-refractivity contribution >= 4 is 15.7 Å². The first kappa shape index (κ1) is 20.4. The normalized spacial score (nSPS) is 15.9. The Balaban J connectivity index is 1.91. The second kappa shape index (κ2) is 8.64. The Morgan fingerprint density at radius 1 is 1.35 bits per heavy atom. The molecule has 1 amide bonds. The maximum Gasteiger partial charge on any atom is 0.225 e. The van der Waals surface area contributed by atoms with E-state index in [1.165, 1.54) is 24.3 Å². The molecule has 144 valence electrons. The summed E-state index contributed by atoms with van der Waals surface area (Å²) in [5, 5.41) is 0. The fourth-order valence-corrected chi connectivity index (χ4v) is 4.26. The fourth-order valence-electron chi connectivity index (χ4n) is 2.68. The molecule has 0 atom stereocenters. The fraction of sp³-hybridized carbons (Fsp3) is 0.500. The van der Waals surface area contributed by atoms with Gasteiger partial charge in [-0.2, -0.15) is 0 Å². The third kappa shape index (κ3) is 5.04. The molecule has 1 heterocycles. The number of hydrogen-bond donors (Lipinski definition) is 1. The second-order valence-corrected chi connectivity index (χ2v) is 8.81. The lowest BCUT2D eigenvalue weighted by molar-refractivity contribution is -0.140. The van der Waals surface area contributed by atoms with Crippen molar-refractivity contribution in [2.24, 2.45) is 17.6 Å². The number of benzene rings is 1. The molecule has 0 radical (unpaired) electrons. The summed E-state index contributed by atoms with van der Waals surface area (Å²) in [6.45, 7) is 4.69. The van der Waals surface area contributed by atoms with Crippen molar-refractivity contribution < 1.29 is 22.3 Å². The Hall–Kier alpha value is -1.93. The molecule has 1 fully saturated rings. The topological polar surface area (TPSA) is 89.7 Å². The first-order valence-corrected chi connectivity index (χ1v) is 10.1. The second-order valence-electron chi connectivity index (χ2n) is 6.78. The zero-order chi connectivity index (χ0) is 19.3. The van der Waals surface area contributed by atoms with E-state index >= 15 is 0 Å². The number of carbonyl (C=O) groups is 1. The molecule has 1 aromatic carbocycles. The molecular weight excluding hydrogens is 359 g/mol. The van der Waals surface area contributed by atoms with E-state index in [0.717, 1.165) is 0 Å². The minimum Gasteiger partial charge on any atom is -0.489 e. The largest absolute Gasteiger partial charge is 0.489 e. The number of nitrogens with zero attached hydrogens (tertiary/aromatic N) is 1. The smallest absolute Gasteiger partial charge is 0.225 e. The van der Waals surface area contributed by atoms with Crippen molar-refractivity contribution in [1.29, 1.82) is 0 Å². The molecule has 26 heavy (non-hydrogen) atoms. The van der Waals surface area contributed by atoms with Crippen LogP contribution in [0.2, 0.25) is 0 Å². The maximum absolute atomic E-state index is 12.5. The predicted molar refractivity (Wildman–Crippen MR) is 97.1 cm³/mol. The average Bonchev–Trinajstić information content (AvgIpc) is 2.58. The zero-order valence-electron chi connectivity index (χ0n) is 15.0. The van der Waals surface area contributed by atoms with Crippen molar-refractivity contribution in [3.63, 3.8) is 0 Å². The highest BCUT2D eigenvalue weighted by Gasteiger charge is 2.35. The number of rotatable bonds is 8. The quantitative estimate of drug-likeness (QED) is 0.738. The molecule has 6 nitrogen and oxygen atoms in total. The van der Waals surface area contributed by atoms with Crippen molar-refractivity contribution in [3.05, 3.63) is 36.2 Å². The molecule has 0 saturated carbocycles. The van der Waals surface area contributed by atoms with Gasteiger partial charge in [-0.1, -0.05) is 13.8 Å². The number of sulfone groups is 1. The highest BCUT2D eigenvalue weighted by atomic mass is 32.2. The van der Waals surface area contributed by atoms with Crippen LogP contribution >= 0.6 is 0 Å². The van der Waals surface area contributed by atoms with E-state index in [2.05, 4.69) is 0 Å². The molecule has 1 aliphatic rings. The molecule has 0 unspecified atom stereocenters. The third-order valence-electron chi connectivity index (χ3n) is 4.24. The Morgan fingerprint density at radius 2 is 1.96 bits per heavy atom. The van der Waals surface area contributed by atoms with E-state index in [9.17, 15) is 17.6 Å². The van der Waals surface area contributed by atoms with Crippen LogP contribution < -0.4 is 10.5 Å². The molecule has 1 saturated heterocycles. The number of halogens is 1. The van der Waals surface area contributed by atoms with Crippen LogP contribution in [0.5, 0.6) is 5.75 Å². The number of likely N-dealkylation sites (tertiary alicyclic amines) is 1. The van der Waals surface area contributed by atoms with E-state index in [1.807, 2.05) is 13.8 Å². The van der Waals surface area contributed by atoms with Gasteiger partial charge in [0, 0.05) is 37.0 Å². The lowest BCUT2D eigenvalue weighted by Gasteiger charge is -2.40. The summed E-state index contributed by atoms with van der Waals surface area (Å²) in [5.74, 6) is 0.387. The number of carbonyl (C=O) groups excluding carboxylic acids is 1. The van der Waals surface area contributed by atoms with Gasteiger partial charge in [-0.3, -0.25) is 4.79 Å². The highest BCUT2D eigenvalue weighted by molar-refractivity contribution is 7.91. The Bertz CT molecular complexity index is 754. The van der Waals surface area contributed by atoms with Crippen molar-refractivity contribution in [2.45, 2.75) is 18.7 Å². The molecule has 0 bridgehead atoms. The van der Waals surface area contributed by atoms with Crippen molar-refractivity contribution in [3.8, 4) is 5.75 Å². The van der Waals surface area contributed by atoms with E-state index in [1.54, 1.807) is 4.90 Å². The molecule has 2 N–H and O–H groups in total. The Kier molecular flexibility index (Phi) is 6.77. The average molecular weight is 384 g/mol. The SMILES string of the molecule is CC(C)C(=O)N1CC(CS(=O)(=O)c2ccc(OCC(=CF)CN)cc2)C1. The van der Waals surface area contributed by atoms with Crippen LogP contribution in [0.15, 0.2) is 41.1 Å². The van der Waals surface area contributed by atoms with E-state index in [4.69, 9.17) is 10.5 Å². The lowest BCUT2D eigenvalue weighted by Crippen LogP contribution is -2.53. The van der Waals surface area contributed by atoms with Gasteiger partial charge in [0.1, 0.15) is 12.4 Å². The number of hydrogen-bond acceptors (Lipinski definition) is 5. The number of amides is 1. The van der Waals surface area contributed by atoms with Gasteiger partial charge in [0.05, 0.1) is 17.0 Å². The molecule has 0 spiro atoms. The van der Waals surface area contributed by atoms with Gasteiger partial charge < -0.3 is 15.4 Å². The standard InChI is InChI=1S/C18H25FN2O4S/c1-13(2)18(22)21-9-15(10-21)12-26(23,24)17-5-3-16(4-6-17)25-11-14(7-19)8-20/h3-7,13,15H,8-12,20H2,1-2H3. The van der Waals surface area contributed by atoms with Gasteiger partial charge in [-0.15, -0.1) is 0 Å². The lowest BCUT2D eigenvalue weighted by atomic mass is 10.0. The molecule has 0 aromatic heterocycles. The van der Waals surface area contributed by atoms with Gasteiger partial charge in [0.15, 0.2) is 9.84 Å². The van der Waals surface area contributed by atoms with Crippen molar-refractivity contribution in [1.82, 2.24) is 4.90 Å². The maximum atomic E-state index is 12.5. The van der Waals surface area contributed by atoms with Crippen LogP contribution in [0.1, 0.15) is 13.8 Å². The Labute approximate surface area is 153 Å². The van der Waals surface area contributed by atoms with Crippen LogP contribution in [0, 0.1) is 11.8 Å². The van der Waals surface area contributed by atoms with Crippen LogP contribution in [0.4, 0.5) is 4.39 Å².